The Bertz CT molecular complexity index is 682. The molecule has 0 radical (unpaired) electrons. The molecule has 0 unspecified atom stereocenters. The molecule has 0 atom stereocenters. The highest BCUT2D eigenvalue weighted by Crippen LogP contribution is 2.15. The van der Waals surface area contributed by atoms with Crippen molar-refractivity contribution in [2.45, 2.75) is 0 Å². The largest absolute Gasteiger partial charge is 0.322 e. The lowest BCUT2D eigenvalue weighted by Crippen LogP contribution is -2.12. The van der Waals surface area contributed by atoms with Crippen molar-refractivity contribution in [3.63, 3.8) is 0 Å². The smallest absolute Gasteiger partial charge is 0.270 e. The van der Waals surface area contributed by atoms with Crippen LogP contribution in [-0.4, -0.2) is 17.1 Å². The molecule has 2 aromatic carbocycles. The summed E-state index contributed by atoms with van der Waals surface area (Å²) in [5.41, 5.74) is 0.906. The van der Waals surface area contributed by atoms with Gasteiger partial charge in [-0.15, -0.1) is 0 Å². The molecule has 0 aliphatic carbocycles. The number of carbonyl (C=O) groups excluding carboxylic acids is 2. The molecule has 0 aromatic heterocycles. The molecule has 2 rings (SSSR count). The number of hydrogen-bond acceptors (Lipinski definition) is 4. The molecule has 6 nitrogen and oxygen atoms in total. The lowest BCUT2D eigenvalue weighted by atomic mass is 10.1. The summed E-state index contributed by atoms with van der Waals surface area (Å²) in [7, 11) is 0. The number of nitro benzene ring substituents is 1. The summed E-state index contributed by atoms with van der Waals surface area (Å²) in [4.78, 5) is 32.7. The summed E-state index contributed by atoms with van der Waals surface area (Å²) < 4.78 is 0. The molecule has 100 valence electrons. The molecule has 0 aliphatic rings. The number of amides is 1. The van der Waals surface area contributed by atoms with Gasteiger partial charge in [-0.3, -0.25) is 19.7 Å². The van der Waals surface area contributed by atoms with Gasteiger partial charge in [0.2, 0.25) is 0 Å². The van der Waals surface area contributed by atoms with Crippen LogP contribution < -0.4 is 5.32 Å². The van der Waals surface area contributed by atoms with Gasteiger partial charge in [-0.1, -0.05) is 18.2 Å². The van der Waals surface area contributed by atoms with Crippen molar-refractivity contribution in [3.8, 4) is 0 Å². The van der Waals surface area contributed by atoms with Gasteiger partial charge in [0, 0.05) is 28.9 Å². The fraction of sp³-hybridized carbons (Fsp3) is 0. The van der Waals surface area contributed by atoms with Gasteiger partial charge in [-0.05, 0) is 18.2 Å². The summed E-state index contributed by atoms with van der Waals surface area (Å²) in [5, 5.41) is 13.2. The Morgan fingerprint density at radius 2 is 1.90 bits per heavy atom. The van der Waals surface area contributed by atoms with Gasteiger partial charge in [0.05, 0.1) is 4.92 Å². The summed E-state index contributed by atoms with van der Waals surface area (Å²) >= 11 is 0. The molecule has 6 heteroatoms. The van der Waals surface area contributed by atoms with Crippen LogP contribution in [0.4, 0.5) is 11.4 Å². The fourth-order valence-corrected chi connectivity index (χ4v) is 1.65. The molecule has 0 saturated heterocycles. The second-order valence-electron chi connectivity index (χ2n) is 4.00. The fourth-order valence-electron chi connectivity index (χ4n) is 1.65. The molecule has 20 heavy (non-hydrogen) atoms. The zero-order valence-electron chi connectivity index (χ0n) is 10.3. The van der Waals surface area contributed by atoms with Crippen molar-refractivity contribution in [2.75, 3.05) is 5.32 Å². The number of hydrogen-bond donors (Lipinski definition) is 1. The van der Waals surface area contributed by atoms with Gasteiger partial charge in [0.25, 0.3) is 11.6 Å². The van der Waals surface area contributed by atoms with E-state index in [-0.39, 0.29) is 11.3 Å². The van der Waals surface area contributed by atoms with Crippen LogP contribution in [0.2, 0.25) is 0 Å². The third-order valence-electron chi connectivity index (χ3n) is 2.60. The molecule has 0 aliphatic heterocycles. The number of benzene rings is 2. The summed E-state index contributed by atoms with van der Waals surface area (Å²) in [6, 6.07) is 11.8. The molecular weight excluding hydrogens is 260 g/mol. The first kappa shape index (κ1) is 13.4. The first-order valence-electron chi connectivity index (χ1n) is 5.71. The van der Waals surface area contributed by atoms with E-state index < -0.39 is 10.8 Å². The lowest BCUT2D eigenvalue weighted by molar-refractivity contribution is -0.384. The molecular formula is C14H10N2O4. The van der Waals surface area contributed by atoms with Crippen molar-refractivity contribution >= 4 is 23.6 Å². The Morgan fingerprint density at radius 1 is 1.15 bits per heavy atom. The Labute approximate surface area is 114 Å². The highest BCUT2D eigenvalue weighted by Gasteiger charge is 2.11. The van der Waals surface area contributed by atoms with Crippen molar-refractivity contribution < 1.29 is 14.5 Å². The summed E-state index contributed by atoms with van der Waals surface area (Å²) in [5.74, 6) is -0.475. The third kappa shape index (κ3) is 3.05. The normalized spacial score (nSPS) is 9.80. The predicted octanol–water partition coefficient (Wildman–Crippen LogP) is 2.66. The van der Waals surface area contributed by atoms with Crippen molar-refractivity contribution in [1.82, 2.24) is 0 Å². The number of anilines is 1. The highest BCUT2D eigenvalue weighted by atomic mass is 16.6. The zero-order chi connectivity index (χ0) is 14.5. The number of nitro groups is 1. The Balaban J connectivity index is 2.21. The maximum Gasteiger partial charge on any atom is 0.270 e. The average Bonchev–Trinajstić information content (AvgIpc) is 2.47. The van der Waals surface area contributed by atoms with Crippen LogP contribution in [0.5, 0.6) is 0 Å². The van der Waals surface area contributed by atoms with E-state index in [2.05, 4.69) is 5.32 Å². The summed E-state index contributed by atoms with van der Waals surface area (Å²) in [6.07, 6.45) is 0.670. The van der Waals surface area contributed by atoms with Gasteiger partial charge >= 0.3 is 0 Å². The minimum absolute atomic E-state index is 0.153. The quantitative estimate of drug-likeness (QED) is 0.525. The van der Waals surface area contributed by atoms with Crippen LogP contribution in [0.15, 0.2) is 48.5 Å². The monoisotopic (exact) mass is 270 g/mol. The number of nitrogens with zero attached hydrogens (tertiary/aromatic N) is 1. The van der Waals surface area contributed by atoms with Crippen LogP contribution in [0, 0.1) is 10.1 Å². The number of carbonyl (C=O) groups is 2. The highest BCUT2D eigenvalue weighted by molar-refractivity contribution is 6.04. The van der Waals surface area contributed by atoms with E-state index in [1.807, 2.05) is 0 Å². The minimum Gasteiger partial charge on any atom is -0.322 e. The van der Waals surface area contributed by atoms with Crippen molar-refractivity contribution in [3.05, 3.63) is 69.8 Å². The SMILES string of the molecule is O=Cc1cccc(NC(=O)c2cccc([N+](=O)[O-])c2)c1. The average molecular weight is 270 g/mol. The van der Waals surface area contributed by atoms with E-state index in [1.165, 1.54) is 30.3 Å². The topological polar surface area (TPSA) is 89.3 Å². The standard InChI is InChI=1S/C14H10N2O4/c17-9-10-3-1-5-12(7-10)15-14(18)11-4-2-6-13(8-11)16(19)20/h1-9H,(H,15,18). The Kier molecular flexibility index (Phi) is 3.85. The molecule has 0 saturated carbocycles. The van der Waals surface area contributed by atoms with Gasteiger partial charge in [0.15, 0.2) is 0 Å². The van der Waals surface area contributed by atoms with E-state index >= 15 is 0 Å². The Morgan fingerprint density at radius 3 is 2.60 bits per heavy atom. The van der Waals surface area contributed by atoms with E-state index in [9.17, 15) is 19.7 Å². The number of non-ortho nitro benzene ring substituents is 1. The van der Waals surface area contributed by atoms with Crippen LogP contribution in [0.3, 0.4) is 0 Å². The Hall–Kier alpha value is -3.02. The predicted molar refractivity (Wildman–Crippen MR) is 72.9 cm³/mol. The maximum atomic E-state index is 12.0. The molecule has 0 bridgehead atoms. The zero-order valence-corrected chi connectivity index (χ0v) is 10.3. The second-order valence-corrected chi connectivity index (χ2v) is 4.00. The third-order valence-corrected chi connectivity index (χ3v) is 2.60. The van der Waals surface area contributed by atoms with Crippen LogP contribution in [0.1, 0.15) is 20.7 Å². The van der Waals surface area contributed by atoms with E-state index in [4.69, 9.17) is 0 Å². The number of nitrogens with one attached hydrogen (secondary N) is 1. The molecule has 2 aromatic rings. The molecule has 1 amide bonds. The molecule has 0 spiro atoms. The van der Waals surface area contributed by atoms with Crippen LogP contribution in [0.25, 0.3) is 0 Å². The number of aldehydes is 1. The number of rotatable bonds is 4. The molecule has 0 fully saturated rings. The molecule has 0 heterocycles. The van der Waals surface area contributed by atoms with E-state index in [1.54, 1.807) is 18.2 Å². The van der Waals surface area contributed by atoms with Gasteiger partial charge in [0.1, 0.15) is 6.29 Å². The van der Waals surface area contributed by atoms with Crippen molar-refractivity contribution in [2.24, 2.45) is 0 Å². The van der Waals surface area contributed by atoms with Crippen molar-refractivity contribution in [1.29, 1.82) is 0 Å². The van der Waals surface area contributed by atoms with E-state index in [0.29, 0.717) is 17.5 Å². The van der Waals surface area contributed by atoms with Gasteiger partial charge in [-0.2, -0.15) is 0 Å². The van der Waals surface area contributed by atoms with Crippen LogP contribution >= 0.6 is 0 Å². The lowest BCUT2D eigenvalue weighted by Gasteiger charge is -2.05. The van der Waals surface area contributed by atoms with Gasteiger partial charge < -0.3 is 5.32 Å². The maximum absolute atomic E-state index is 12.0. The second kappa shape index (κ2) is 5.75. The van der Waals surface area contributed by atoms with E-state index in [0.717, 1.165) is 0 Å². The summed E-state index contributed by atoms with van der Waals surface area (Å²) in [6.45, 7) is 0. The van der Waals surface area contributed by atoms with Gasteiger partial charge in [-0.25, -0.2) is 0 Å². The molecule has 1 N–H and O–H groups in total. The minimum atomic E-state index is -0.566. The first-order valence-corrected chi connectivity index (χ1v) is 5.71. The first-order chi connectivity index (χ1) is 9.60. The van der Waals surface area contributed by atoms with Crippen LogP contribution in [-0.2, 0) is 0 Å².